The average molecular weight is 259 g/mol. The zero-order valence-electron chi connectivity index (χ0n) is 9.93. The van der Waals surface area contributed by atoms with Crippen molar-refractivity contribution >= 4 is 9.84 Å². The first-order valence-electron chi connectivity index (χ1n) is 5.16. The van der Waals surface area contributed by atoms with Crippen LogP contribution in [-0.4, -0.2) is 39.2 Å². The van der Waals surface area contributed by atoms with Crippen LogP contribution in [-0.2, 0) is 16.4 Å². The molecule has 1 aromatic carbocycles. The number of hydrogen-bond acceptors (Lipinski definition) is 5. The minimum Gasteiger partial charge on any atom is -0.504 e. The number of methoxy groups -OCH3 is 1. The Labute approximate surface area is 101 Å². The van der Waals surface area contributed by atoms with Crippen LogP contribution in [0.4, 0.5) is 0 Å². The topological polar surface area (TPSA) is 75.6 Å². The molecule has 0 saturated heterocycles. The number of ether oxygens (including phenoxy) is 1. The van der Waals surface area contributed by atoms with E-state index >= 15 is 0 Å². The lowest BCUT2D eigenvalue weighted by atomic mass is 10.2. The largest absolute Gasteiger partial charge is 0.504 e. The van der Waals surface area contributed by atoms with Crippen molar-refractivity contribution in [2.24, 2.45) is 0 Å². The van der Waals surface area contributed by atoms with Gasteiger partial charge in [0.15, 0.2) is 11.5 Å². The van der Waals surface area contributed by atoms with E-state index in [1.54, 1.807) is 18.2 Å². The number of phenolic OH excluding ortho intramolecular Hbond substituents is 1. The molecule has 0 heterocycles. The molecule has 0 radical (unpaired) electrons. The quantitative estimate of drug-likeness (QED) is 0.729. The summed E-state index contributed by atoms with van der Waals surface area (Å²) < 4.78 is 26.8. The van der Waals surface area contributed by atoms with Crippen molar-refractivity contribution in [3.8, 4) is 11.5 Å². The second-order valence-electron chi connectivity index (χ2n) is 3.81. The van der Waals surface area contributed by atoms with Crippen LogP contribution in [0.15, 0.2) is 18.2 Å². The molecule has 1 rings (SSSR count). The normalized spacial score (nSPS) is 11.4. The molecule has 0 aromatic heterocycles. The SMILES string of the molecule is COc1cc(CNCCS(C)(=O)=O)ccc1O. The van der Waals surface area contributed by atoms with E-state index in [-0.39, 0.29) is 11.5 Å². The summed E-state index contributed by atoms with van der Waals surface area (Å²) in [5.41, 5.74) is 0.924. The molecule has 17 heavy (non-hydrogen) atoms. The molecule has 0 atom stereocenters. The summed E-state index contributed by atoms with van der Waals surface area (Å²) in [4.78, 5) is 0. The summed E-state index contributed by atoms with van der Waals surface area (Å²) in [6.07, 6.45) is 1.21. The number of sulfone groups is 1. The molecule has 0 aliphatic rings. The maximum Gasteiger partial charge on any atom is 0.160 e. The molecule has 0 amide bonds. The first kappa shape index (κ1) is 13.8. The van der Waals surface area contributed by atoms with Crippen LogP contribution >= 0.6 is 0 Å². The molecular formula is C11H17NO4S. The Bertz CT molecular complexity index is 470. The van der Waals surface area contributed by atoms with E-state index < -0.39 is 9.84 Å². The van der Waals surface area contributed by atoms with Gasteiger partial charge in [0.2, 0.25) is 0 Å². The molecular weight excluding hydrogens is 242 g/mol. The summed E-state index contributed by atoms with van der Waals surface area (Å²) in [7, 11) is -1.44. The van der Waals surface area contributed by atoms with Gasteiger partial charge >= 0.3 is 0 Å². The van der Waals surface area contributed by atoms with E-state index in [1.165, 1.54) is 13.4 Å². The minimum absolute atomic E-state index is 0.0902. The third-order valence-corrected chi connectivity index (χ3v) is 3.17. The lowest BCUT2D eigenvalue weighted by Crippen LogP contribution is -2.21. The van der Waals surface area contributed by atoms with Crippen LogP contribution in [0.1, 0.15) is 5.56 Å². The summed E-state index contributed by atoms with van der Waals surface area (Å²) in [6, 6.07) is 5.01. The fourth-order valence-corrected chi connectivity index (χ4v) is 1.84. The summed E-state index contributed by atoms with van der Waals surface area (Å²) >= 11 is 0. The highest BCUT2D eigenvalue weighted by atomic mass is 32.2. The van der Waals surface area contributed by atoms with Crippen molar-refractivity contribution in [2.45, 2.75) is 6.54 Å². The molecule has 0 unspecified atom stereocenters. The number of hydrogen-bond donors (Lipinski definition) is 2. The van der Waals surface area contributed by atoms with Crippen LogP contribution in [0.5, 0.6) is 11.5 Å². The van der Waals surface area contributed by atoms with Crippen LogP contribution in [0.25, 0.3) is 0 Å². The molecule has 0 spiro atoms. The Morgan fingerprint density at radius 2 is 2.12 bits per heavy atom. The highest BCUT2D eigenvalue weighted by Crippen LogP contribution is 2.25. The molecule has 0 aliphatic carbocycles. The average Bonchev–Trinajstić information content (AvgIpc) is 2.25. The molecule has 1 aromatic rings. The van der Waals surface area contributed by atoms with Crippen LogP contribution < -0.4 is 10.1 Å². The highest BCUT2D eigenvalue weighted by Gasteiger charge is 2.03. The van der Waals surface area contributed by atoms with Gasteiger partial charge in [-0.2, -0.15) is 0 Å². The van der Waals surface area contributed by atoms with Crippen molar-refractivity contribution in [3.05, 3.63) is 23.8 Å². The predicted octanol–water partition coefficient (Wildman–Crippen LogP) is 0.535. The van der Waals surface area contributed by atoms with Crippen LogP contribution in [0.3, 0.4) is 0 Å². The maximum atomic E-state index is 10.9. The Morgan fingerprint density at radius 3 is 2.71 bits per heavy atom. The van der Waals surface area contributed by atoms with E-state index in [9.17, 15) is 13.5 Å². The van der Waals surface area contributed by atoms with Gasteiger partial charge in [-0.25, -0.2) is 8.42 Å². The number of rotatable bonds is 6. The third-order valence-electron chi connectivity index (χ3n) is 2.22. The summed E-state index contributed by atoms with van der Waals surface area (Å²) in [5, 5.41) is 12.4. The van der Waals surface area contributed by atoms with Crippen molar-refractivity contribution in [2.75, 3.05) is 25.7 Å². The summed E-state index contributed by atoms with van der Waals surface area (Å²) in [6.45, 7) is 0.939. The van der Waals surface area contributed by atoms with Gasteiger partial charge in [-0.05, 0) is 17.7 Å². The van der Waals surface area contributed by atoms with Crippen molar-refractivity contribution < 1.29 is 18.3 Å². The predicted molar refractivity (Wildman–Crippen MR) is 66.1 cm³/mol. The van der Waals surface area contributed by atoms with E-state index in [2.05, 4.69) is 5.32 Å². The zero-order valence-corrected chi connectivity index (χ0v) is 10.8. The fourth-order valence-electron chi connectivity index (χ4n) is 1.32. The zero-order chi connectivity index (χ0) is 12.9. The van der Waals surface area contributed by atoms with Gasteiger partial charge in [-0.15, -0.1) is 0 Å². The number of aromatic hydroxyl groups is 1. The van der Waals surface area contributed by atoms with E-state index in [0.717, 1.165) is 5.56 Å². The van der Waals surface area contributed by atoms with Gasteiger partial charge in [0.05, 0.1) is 12.9 Å². The van der Waals surface area contributed by atoms with Gasteiger partial charge in [0.1, 0.15) is 9.84 Å². The highest BCUT2D eigenvalue weighted by molar-refractivity contribution is 7.90. The van der Waals surface area contributed by atoms with Crippen molar-refractivity contribution in [1.29, 1.82) is 0 Å². The molecule has 96 valence electrons. The van der Waals surface area contributed by atoms with Crippen LogP contribution in [0.2, 0.25) is 0 Å². The molecule has 0 bridgehead atoms. The molecule has 0 aliphatic heterocycles. The van der Waals surface area contributed by atoms with Crippen molar-refractivity contribution in [3.63, 3.8) is 0 Å². The second-order valence-corrected chi connectivity index (χ2v) is 6.07. The number of benzene rings is 1. The minimum atomic E-state index is -2.93. The van der Waals surface area contributed by atoms with Gasteiger partial charge in [-0.1, -0.05) is 6.07 Å². The molecule has 0 fully saturated rings. The Morgan fingerprint density at radius 1 is 1.41 bits per heavy atom. The lowest BCUT2D eigenvalue weighted by molar-refractivity contribution is 0.373. The standard InChI is InChI=1S/C11H17NO4S/c1-16-11-7-9(3-4-10(11)13)8-12-5-6-17(2,14)15/h3-4,7,12-13H,5-6,8H2,1-2H3. The van der Waals surface area contributed by atoms with Gasteiger partial charge in [0, 0.05) is 19.3 Å². The first-order valence-corrected chi connectivity index (χ1v) is 7.23. The van der Waals surface area contributed by atoms with Crippen molar-refractivity contribution in [1.82, 2.24) is 5.32 Å². The second kappa shape index (κ2) is 5.88. The third kappa shape index (κ3) is 5.06. The fraction of sp³-hybridized carbons (Fsp3) is 0.455. The molecule has 0 saturated carbocycles. The monoisotopic (exact) mass is 259 g/mol. The smallest absolute Gasteiger partial charge is 0.160 e. The maximum absolute atomic E-state index is 10.9. The van der Waals surface area contributed by atoms with Gasteiger partial charge in [-0.3, -0.25) is 0 Å². The first-order chi connectivity index (χ1) is 7.92. The van der Waals surface area contributed by atoms with E-state index in [4.69, 9.17) is 4.74 Å². The van der Waals surface area contributed by atoms with Gasteiger partial charge in [0.25, 0.3) is 0 Å². The molecule has 6 heteroatoms. The molecule has 2 N–H and O–H groups in total. The number of phenols is 1. The Balaban J connectivity index is 2.47. The Kier molecular flexibility index (Phi) is 4.77. The van der Waals surface area contributed by atoms with Crippen LogP contribution in [0, 0.1) is 0 Å². The van der Waals surface area contributed by atoms with E-state index in [1.807, 2.05) is 0 Å². The van der Waals surface area contributed by atoms with Gasteiger partial charge < -0.3 is 15.2 Å². The lowest BCUT2D eigenvalue weighted by Gasteiger charge is -2.07. The molecule has 5 nitrogen and oxygen atoms in total. The Hall–Kier alpha value is -1.27. The summed E-state index contributed by atoms with van der Waals surface area (Å²) in [5.74, 6) is 0.613. The van der Waals surface area contributed by atoms with E-state index in [0.29, 0.717) is 18.8 Å². The number of nitrogens with one attached hydrogen (secondary N) is 1.